The summed E-state index contributed by atoms with van der Waals surface area (Å²) in [6.07, 6.45) is 4.10. The van der Waals surface area contributed by atoms with E-state index in [4.69, 9.17) is 0 Å². The number of amides is 1. The molecular weight excluding hydrogens is 455 g/mol. The predicted octanol–water partition coefficient (Wildman–Crippen LogP) is 3.00. The van der Waals surface area contributed by atoms with E-state index in [2.05, 4.69) is 20.8 Å². The zero-order valence-corrected chi connectivity index (χ0v) is 18.2. The average Bonchev–Trinajstić information content (AvgIpc) is 3.46. The number of halogens is 1. The number of non-ortho nitro benzene ring substituents is 1. The highest BCUT2D eigenvalue weighted by Crippen LogP contribution is 2.35. The van der Waals surface area contributed by atoms with Gasteiger partial charge in [-0.2, -0.15) is 0 Å². The van der Waals surface area contributed by atoms with Gasteiger partial charge in [0.15, 0.2) is 0 Å². The third-order valence-electron chi connectivity index (χ3n) is 5.60. The number of hydrogen-bond donors (Lipinski definition) is 1. The number of hydrogen-bond acceptors (Lipinski definition) is 8. The van der Waals surface area contributed by atoms with Crippen LogP contribution in [0.15, 0.2) is 46.5 Å². The summed E-state index contributed by atoms with van der Waals surface area (Å²) in [6, 6.07) is 7.16. The minimum Gasteiger partial charge on any atom is -0.319 e. The Hall–Kier alpha value is -3.74. The molecule has 1 amide bonds. The van der Waals surface area contributed by atoms with Gasteiger partial charge in [-0.05, 0) is 52.9 Å². The zero-order chi connectivity index (χ0) is 23.8. The molecule has 3 aromatic rings. The summed E-state index contributed by atoms with van der Waals surface area (Å²) in [6.45, 7) is 0. The molecule has 13 heteroatoms. The molecule has 2 aromatic carbocycles. The Morgan fingerprint density at radius 2 is 1.94 bits per heavy atom. The highest BCUT2D eigenvalue weighted by atomic mass is 32.2. The minimum atomic E-state index is -4.41. The van der Waals surface area contributed by atoms with Crippen LogP contribution < -0.4 is 5.32 Å². The summed E-state index contributed by atoms with van der Waals surface area (Å²) in [5, 5.41) is 23.2. The highest BCUT2D eigenvalue weighted by molar-refractivity contribution is 7.91. The van der Waals surface area contributed by atoms with Gasteiger partial charge in [0.1, 0.15) is 5.82 Å². The summed E-state index contributed by atoms with van der Waals surface area (Å²) in [7, 11) is -3.12. The topological polar surface area (TPSA) is 150 Å². The lowest BCUT2D eigenvalue weighted by Gasteiger charge is -2.13. The van der Waals surface area contributed by atoms with Gasteiger partial charge in [0.2, 0.25) is 9.84 Å². The van der Waals surface area contributed by atoms with Gasteiger partial charge < -0.3 is 5.32 Å². The van der Waals surface area contributed by atoms with Gasteiger partial charge in [-0.3, -0.25) is 14.9 Å². The maximum atomic E-state index is 14.7. The zero-order valence-electron chi connectivity index (χ0n) is 17.4. The number of anilines is 1. The molecule has 33 heavy (non-hydrogen) atoms. The molecule has 0 bridgehead atoms. The molecule has 0 radical (unpaired) electrons. The summed E-state index contributed by atoms with van der Waals surface area (Å²) >= 11 is 0. The first-order chi connectivity index (χ1) is 15.7. The molecule has 0 atom stereocenters. The number of carbonyl (C=O) groups is 1. The second kappa shape index (κ2) is 8.65. The van der Waals surface area contributed by atoms with Gasteiger partial charge >= 0.3 is 0 Å². The Kier molecular flexibility index (Phi) is 5.89. The third-order valence-corrected chi connectivity index (χ3v) is 7.36. The highest BCUT2D eigenvalue weighted by Gasteiger charge is 2.31. The van der Waals surface area contributed by atoms with Crippen LogP contribution in [-0.2, 0) is 16.9 Å². The lowest BCUT2D eigenvalue weighted by Crippen LogP contribution is -2.19. The van der Waals surface area contributed by atoms with Crippen LogP contribution >= 0.6 is 0 Å². The summed E-state index contributed by atoms with van der Waals surface area (Å²) in [5.74, 6) is -1.45. The van der Waals surface area contributed by atoms with E-state index in [1.807, 2.05) is 0 Å². The number of carbonyl (C=O) groups excluding carboxylic acids is 1. The summed E-state index contributed by atoms with van der Waals surface area (Å²) in [5.41, 5.74) is -0.382. The van der Waals surface area contributed by atoms with Crippen LogP contribution in [0.2, 0.25) is 0 Å². The van der Waals surface area contributed by atoms with Crippen molar-refractivity contribution in [3.05, 3.63) is 63.5 Å². The van der Waals surface area contributed by atoms with E-state index in [1.54, 1.807) is 6.07 Å². The van der Waals surface area contributed by atoms with E-state index in [0.717, 1.165) is 54.1 Å². The fraction of sp³-hybridized carbons (Fsp3) is 0.300. The monoisotopic (exact) mass is 474 g/mol. The Labute approximate surface area is 187 Å². The van der Waals surface area contributed by atoms with Crippen molar-refractivity contribution in [3.63, 3.8) is 0 Å². The molecule has 1 saturated carbocycles. The van der Waals surface area contributed by atoms with Gasteiger partial charge in [-0.15, -0.1) is 0 Å². The summed E-state index contributed by atoms with van der Waals surface area (Å²) in [4.78, 5) is 22.9. The van der Waals surface area contributed by atoms with E-state index in [1.165, 1.54) is 19.2 Å². The number of nitro benzene ring substituents is 1. The van der Waals surface area contributed by atoms with Crippen molar-refractivity contribution < 1.29 is 22.5 Å². The lowest BCUT2D eigenvalue weighted by molar-refractivity contribution is -0.384. The molecule has 0 unspecified atom stereocenters. The van der Waals surface area contributed by atoms with Crippen molar-refractivity contribution in [2.75, 3.05) is 5.32 Å². The SMILES string of the molecule is Cn1nnnc1S(=O)(=O)c1ccc([N+](=O)[O-])cc1C(=O)Nc1ccc(C2CCCC2)cc1F. The first-order valence-corrected chi connectivity index (χ1v) is 11.5. The molecule has 0 aliphatic heterocycles. The predicted molar refractivity (Wildman–Crippen MR) is 113 cm³/mol. The van der Waals surface area contributed by atoms with Gasteiger partial charge in [0.05, 0.1) is 21.1 Å². The van der Waals surface area contributed by atoms with Gasteiger partial charge in [0.25, 0.3) is 16.8 Å². The van der Waals surface area contributed by atoms with Crippen LogP contribution in [-0.4, -0.2) is 39.5 Å². The minimum absolute atomic E-state index is 0.170. The molecule has 4 rings (SSSR count). The van der Waals surface area contributed by atoms with Crippen molar-refractivity contribution >= 4 is 27.1 Å². The maximum absolute atomic E-state index is 14.7. The molecule has 1 aromatic heterocycles. The van der Waals surface area contributed by atoms with Crippen LogP contribution in [0.1, 0.15) is 47.5 Å². The number of benzene rings is 2. The molecule has 1 heterocycles. The van der Waals surface area contributed by atoms with Crippen LogP contribution in [0.25, 0.3) is 0 Å². The van der Waals surface area contributed by atoms with Crippen molar-refractivity contribution in [1.29, 1.82) is 0 Å². The van der Waals surface area contributed by atoms with Gasteiger partial charge in [-0.25, -0.2) is 17.5 Å². The van der Waals surface area contributed by atoms with E-state index in [-0.39, 0.29) is 11.6 Å². The molecule has 11 nitrogen and oxygen atoms in total. The molecule has 0 spiro atoms. The average molecular weight is 474 g/mol. The standard InChI is InChI=1S/C20H19FN6O5S/c1-26-20(23-24-25-26)33(31,32)18-9-7-14(27(29)30)11-15(18)19(28)22-17-8-6-13(10-16(17)21)12-4-2-3-5-12/h6-12H,2-5H2,1H3,(H,22,28). The van der Waals surface area contributed by atoms with Crippen LogP contribution in [0, 0.1) is 15.9 Å². The Balaban J connectivity index is 1.71. The Bertz CT molecular complexity index is 1350. The third kappa shape index (κ3) is 4.31. The molecule has 172 valence electrons. The number of nitrogens with zero attached hydrogens (tertiary/aromatic N) is 5. The van der Waals surface area contributed by atoms with E-state index in [9.17, 15) is 27.7 Å². The Morgan fingerprint density at radius 3 is 2.55 bits per heavy atom. The lowest BCUT2D eigenvalue weighted by atomic mass is 9.97. The van der Waals surface area contributed by atoms with Crippen LogP contribution in [0.3, 0.4) is 0 Å². The van der Waals surface area contributed by atoms with Gasteiger partial charge in [0, 0.05) is 19.2 Å². The Morgan fingerprint density at radius 1 is 1.21 bits per heavy atom. The van der Waals surface area contributed by atoms with Crippen molar-refractivity contribution in [2.45, 2.75) is 41.7 Å². The van der Waals surface area contributed by atoms with E-state index >= 15 is 0 Å². The van der Waals surface area contributed by atoms with Crippen molar-refractivity contribution in [3.8, 4) is 0 Å². The number of nitro groups is 1. The molecular formula is C20H19FN6O5S. The molecule has 1 fully saturated rings. The van der Waals surface area contributed by atoms with E-state index < -0.39 is 47.8 Å². The van der Waals surface area contributed by atoms with Crippen molar-refractivity contribution in [1.82, 2.24) is 20.2 Å². The van der Waals surface area contributed by atoms with Crippen LogP contribution in [0.4, 0.5) is 15.8 Å². The fourth-order valence-electron chi connectivity index (χ4n) is 3.93. The maximum Gasteiger partial charge on any atom is 0.272 e. The number of aryl methyl sites for hydroxylation is 1. The van der Waals surface area contributed by atoms with Gasteiger partial charge in [-0.1, -0.05) is 24.0 Å². The smallest absolute Gasteiger partial charge is 0.272 e. The first-order valence-electron chi connectivity index (χ1n) is 10.0. The quantitative estimate of drug-likeness (QED) is 0.423. The van der Waals surface area contributed by atoms with Crippen molar-refractivity contribution in [2.24, 2.45) is 7.05 Å². The number of tetrazole rings is 1. The molecule has 1 aliphatic rings. The van der Waals surface area contributed by atoms with E-state index in [0.29, 0.717) is 0 Å². The molecule has 1 aliphatic carbocycles. The second-order valence-electron chi connectivity index (χ2n) is 7.70. The first kappa shape index (κ1) is 22.5. The number of nitrogens with one attached hydrogen (secondary N) is 1. The number of aromatic nitrogens is 4. The number of rotatable bonds is 6. The molecule has 0 saturated heterocycles. The second-order valence-corrected chi connectivity index (χ2v) is 9.51. The largest absolute Gasteiger partial charge is 0.319 e. The van der Waals surface area contributed by atoms with Crippen LogP contribution in [0.5, 0.6) is 0 Å². The molecule has 1 N–H and O–H groups in total. The normalized spacial score (nSPS) is 14.4. The number of sulfone groups is 1. The fourth-order valence-corrected chi connectivity index (χ4v) is 5.34. The summed E-state index contributed by atoms with van der Waals surface area (Å²) < 4.78 is 41.7.